The maximum atomic E-state index is 12.6. The Bertz CT molecular complexity index is 522. The Balaban J connectivity index is 3.00. The molecule has 1 saturated carbocycles. The molecule has 0 radical (unpaired) electrons. The summed E-state index contributed by atoms with van der Waals surface area (Å²) >= 11 is 0. The van der Waals surface area contributed by atoms with E-state index in [-0.39, 0.29) is 19.8 Å². The molecule has 1 aliphatic carbocycles. The molecule has 0 heterocycles. The van der Waals surface area contributed by atoms with E-state index in [4.69, 9.17) is 14.2 Å². The monoisotopic (exact) mass is 384 g/mol. The first-order valence-electron chi connectivity index (χ1n) is 9.70. The van der Waals surface area contributed by atoms with Crippen LogP contribution < -0.4 is 0 Å². The Morgan fingerprint density at radius 1 is 1.04 bits per heavy atom. The van der Waals surface area contributed by atoms with Crippen LogP contribution in [-0.4, -0.2) is 48.9 Å². The third-order valence-electron chi connectivity index (χ3n) is 4.77. The number of carbonyl (C=O) groups is 3. The predicted octanol–water partition coefficient (Wildman–Crippen LogP) is 2.41. The molecule has 1 aliphatic rings. The minimum atomic E-state index is -1.53. The van der Waals surface area contributed by atoms with Crippen molar-refractivity contribution < 1.29 is 33.7 Å². The minimum Gasteiger partial charge on any atom is -0.466 e. The van der Waals surface area contributed by atoms with Gasteiger partial charge in [-0.05, 0) is 20.3 Å². The number of unbranched alkanes of at least 4 members (excludes halogenated alkanes) is 2. The van der Waals surface area contributed by atoms with Crippen molar-refractivity contribution in [3.05, 3.63) is 12.2 Å². The van der Waals surface area contributed by atoms with Crippen molar-refractivity contribution >= 4 is 17.9 Å². The molecule has 7 nitrogen and oxygen atoms in total. The number of aliphatic hydroxyl groups excluding tert-OH is 1. The lowest BCUT2D eigenvalue weighted by Crippen LogP contribution is -2.34. The Kier molecular flexibility index (Phi) is 9.49. The molecule has 1 N–H and O–H groups in total. The van der Waals surface area contributed by atoms with Crippen molar-refractivity contribution in [3.8, 4) is 0 Å². The number of allylic oxidation sites excluding steroid dienone is 1. The molecule has 0 aromatic carbocycles. The van der Waals surface area contributed by atoms with Gasteiger partial charge in [0.2, 0.25) is 0 Å². The van der Waals surface area contributed by atoms with E-state index in [2.05, 4.69) is 6.92 Å². The molecule has 27 heavy (non-hydrogen) atoms. The number of esters is 3. The number of hydrogen-bond acceptors (Lipinski definition) is 7. The molecule has 3 unspecified atom stereocenters. The lowest BCUT2D eigenvalue weighted by molar-refractivity contribution is -0.166. The standard InChI is InChI=1S/C20H32O7/c1-5-8-9-10-15(22)11-12-16-17(13-27-14(4)21)20(16,18(23)25-6-2)19(24)26-7-3/h11-12,15-17,22H,5-10,13H2,1-4H3/b12-11+. The van der Waals surface area contributed by atoms with Gasteiger partial charge >= 0.3 is 17.9 Å². The normalized spacial score (nSPS) is 21.5. The van der Waals surface area contributed by atoms with E-state index >= 15 is 0 Å². The second-order valence-electron chi connectivity index (χ2n) is 6.69. The molecule has 0 aromatic heterocycles. The largest absolute Gasteiger partial charge is 0.466 e. The highest BCUT2D eigenvalue weighted by Crippen LogP contribution is 2.61. The van der Waals surface area contributed by atoms with Crippen LogP contribution in [-0.2, 0) is 28.6 Å². The van der Waals surface area contributed by atoms with Gasteiger partial charge in [0, 0.05) is 18.8 Å². The fourth-order valence-corrected chi connectivity index (χ4v) is 3.32. The van der Waals surface area contributed by atoms with Crippen LogP contribution >= 0.6 is 0 Å². The summed E-state index contributed by atoms with van der Waals surface area (Å²) in [6, 6.07) is 0. The number of hydrogen-bond donors (Lipinski definition) is 1. The van der Waals surface area contributed by atoms with Crippen LogP contribution in [0.3, 0.4) is 0 Å². The highest BCUT2D eigenvalue weighted by molar-refractivity contribution is 6.05. The van der Waals surface area contributed by atoms with Gasteiger partial charge in [-0.1, -0.05) is 38.3 Å². The SMILES string of the molecule is CCCCCC(O)/C=C/C1C(COC(C)=O)C1(C(=O)OCC)C(=O)OCC. The highest BCUT2D eigenvalue weighted by atomic mass is 16.6. The van der Waals surface area contributed by atoms with Crippen LogP contribution in [0.25, 0.3) is 0 Å². The first-order valence-corrected chi connectivity index (χ1v) is 9.70. The van der Waals surface area contributed by atoms with Crippen LogP contribution in [0, 0.1) is 17.3 Å². The molecule has 7 heteroatoms. The molecule has 1 fully saturated rings. The topological polar surface area (TPSA) is 99.1 Å². The van der Waals surface area contributed by atoms with Crippen LogP contribution in [0.4, 0.5) is 0 Å². The number of aliphatic hydroxyl groups is 1. The molecule has 0 aromatic rings. The van der Waals surface area contributed by atoms with E-state index in [1.807, 2.05) is 0 Å². The number of rotatable bonds is 12. The Morgan fingerprint density at radius 3 is 2.11 bits per heavy atom. The van der Waals surface area contributed by atoms with Gasteiger partial charge in [-0.2, -0.15) is 0 Å². The van der Waals surface area contributed by atoms with Crippen molar-refractivity contribution in [1.29, 1.82) is 0 Å². The van der Waals surface area contributed by atoms with Crippen LogP contribution in [0.2, 0.25) is 0 Å². The van der Waals surface area contributed by atoms with Gasteiger partial charge in [0.15, 0.2) is 5.41 Å². The lowest BCUT2D eigenvalue weighted by atomic mass is 10.0. The summed E-state index contributed by atoms with van der Waals surface area (Å²) < 4.78 is 15.3. The third-order valence-corrected chi connectivity index (χ3v) is 4.77. The second kappa shape index (κ2) is 11.1. The van der Waals surface area contributed by atoms with Crippen molar-refractivity contribution in [2.45, 2.75) is 59.5 Å². The molecule has 0 aliphatic heterocycles. The summed E-state index contributed by atoms with van der Waals surface area (Å²) in [4.78, 5) is 36.4. The van der Waals surface area contributed by atoms with Crippen molar-refractivity contribution in [1.82, 2.24) is 0 Å². The molecule has 0 saturated heterocycles. The van der Waals surface area contributed by atoms with Gasteiger partial charge in [0.1, 0.15) is 0 Å². The Morgan fingerprint density at radius 2 is 1.63 bits per heavy atom. The highest BCUT2D eigenvalue weighted by Gasteiger charge is 2.76. The zero-order valence-electron chi connectivity index (χ0n) is 16.7. The van der Waals surface area contributed by atoms with Crippen molar-refractivity contribution in [3.63, 3.8) is 0 Å². The molecular weight excluding hydrogens is 352 g/mol. The summed E-state index contributed by atoms with van der Waals surface area (Å²) in [5, 5.41) is 10.1. The maximum absolute atomic E-state index is 12.6. The minimum absolute atomic E-state index is 0.0894. The van der Waals surface area contributed by atoms with Gasteiger partial charge in [-0.25, -0.2) is 0 Å². The first kappa shape index (κ1) is 23.1. The van der Waals surface area contributed by atoms with Crippen LogP contribution in [0.5, 0.6) is 0 Å². The Labute approximate surface area is 161 Å². The third kappa shape index (κ3) is 5.79. The summed E-state index contributed by atoms with van der Waals surface area (Å²) in [7, 11) is 0. The molecule has 154 valence electrons. The van der Waals surface area contributed by atoms with E-state index in [1.54, 1.807) is 26.0 Å². The zero-order valence-corrected chi connectivity index (χ0v) is 16.7. The quantitative estimate of drug-likeness (QED) is 0.181. The number of carbonyl (C=O) groups excluding carboxylic acids is 3. The van der Waals surface area contributed by atoms with Crippen molar-refractivity contribution in [2.75, 3.05) is 19.8 Å². The Hall–Kier alpha value is -1.89. The summed E-state index contributed by atoms with van der Waals surface area (Å²) in [6.45, 7) is 6.81. The fourth-order valence-electron chi connectivity index (χ4n) is 3.32. The molecule has 0 amide bonds. The van der Waals surface area contributed by atoms with Gasteiger partial charge < -0.3 is 19.3 Å². The average Bonchev–Trinajstić information content (AvgIpc) is 3.27. The maximum Gasteiger partial charge on any atom is 0.324 e. The van der Waals surface area contributed by atoms with Crippen molar-refractivity contribution in [2.24, 2.45) is 17.3 Å². The van der Waals surface area contributed by atoms with E-state index in [9.17, 15) is 19.5 Å². The smallest absolute Gasteiger partial charge is 0.324 e. The molecular formula is C20H32O7. The van der Waals surface area contributed by atoms with Gasteiger partial charge in [0.05, 0.1) is 25.9 Å². The fraction of sp³-hybridized carbons (Fsp3) is 0.750. The number of ether oxygens (including phenoxy) is 3. The lowest BCUT2D eigenvalue weighted by Gasteiger charge is -2.15. The predicted molar refractivity (Wildman–Crippen MR) is 98.6 cm³/mol. The summed E-state index contributed by atoms with van der Waals surface area (Å²) in [5.74, 6) is -2.98. The summed E-state index contributed by atoms with van der Waals surface area (Å²) in [5.41, 5.74) is -1.53. The van der Waals surface area contributed by atoms with Gasteiger partial charge in [-0.15, -0.1) is 0 Å². The van der Waals surface area contributed by atoms with Crippen LogP contribution in [0.15, 0.2) is 12.2 Å². The summed E-state index contributed by atoms with van der Waals surface area (Å²) in [6.07, 6.45) is 6.17. The molecule has 0 bridgehead atoms. The second-order valence-corrected chi connectivity index (χ2v) is 6.69. The molecule has 1 rings (SSSR count). The average molecular weight is 384 g/mol. The van der Waals surface area contributed by atoms with Gasteiger partial charge in [0.25, 0.3) is 0 Å². The van der Waals surface area contributed by atoms with E-state index in [1.165, 1.54) is 6.92 Å². The van der Waals surface area contributed by atoms with Gasteiger partial charge in [-0.3, -0.25) is 14.4 Å². The van der Waals surface area contributed by atoms with Crippen LogP contribution in [0.1, 0.15) is 53.4 Å². The zero-order chi connectivity index (χ0) is 20.4. The van der Waals surface area contributed by atoms with E-state index < -0.39 is 41.3 Å². The first-order chi connectivity index (χ1) is 12.9. The van der Waals surface area contributed by atoms with E-state index in [0.717, 1.165) is 19.3 Å². The molecule has 3 atom stereocenters. The van der Waals surface area contributed by atoms with E-state index in [0.29, 0.717) is 6.42 Å². The molecule has 0 spiro atoms.